The Labute approximate surface area is 143 Å². The van der Waals surface area contributed by atoms with Crippen LogP contribution in [-0.4, -0.2) is 46.8 Å². The van der Waals surface area contributed by atoms with Gasteiger partial charge in [0.25, 0.3) is 11.6 Å². The molecule has 0 radical (unpaired) electrons. The number of halogens is 1. The fourth-order valence-electron chi connectivity index (χ4n) is 2.98. The van der Waals surface area contributed by atoms with Gasteiger partial charge in [-0.1, -0.05) is 6.07 Å². The lowest BCUT2D eigenvalue weighted by Gasteiger charge is -2.34. The Morgan fingerprint density at radius 1 is 1.28 bits per heavy atom. The molecular formula is C17H18FN3O4. The zero-order valence-electron chi connectivity index (χ0n) is 13.8. The van der Waals surface area contributed by atoms with E-state index in [2.05, 4.69) is 0 Å². The third-order valence-electron chi connectivity index (χ3n) is 4.42. The van der Waals surface area contributed by atoms with Crippen LogP contribution >= 0.6 is 0 Å². The second kappa shape index (κ2) is 7.02. The highest BCUT2D eigenvalue weighted by Gasteiger charge is 2.26. The highest BCUT2D eigenvalue weighted by Crippen LogP contribution is 2.24. The highest BCUT2D eigenvalue weighted by molar-refractivity contribution is 5.95. The normalized spacial score (nSPS) is 15.4. The standard InChI is InChI=1S/C17H18FN3O4/c1-12-13(5-10-25-12)17(22)20-8-6-19(7-9-20)11-14-15(18)3-2-4-16(14)21(23)24/h2-5,10H,6-9,11H2,1H3. The van der Waals surface area contributed by atoms with Gasteiger partial charge in [-0.15, -0.1) is 0 Å². The molecule has 1 aliphatic rings. The molecule has 1 aromatic heterocycles. The predicted molar refractivity (Wildman–Crippen MR) is 87.7 cm³/mol. The fraction of sp³-hybridized carbons (Fsp3) is 0.353. The molecule has 7 nitrogen and oxygen atoms in total. The number of rotatable bonds is 4. The lowest BCUT2D eigenvalue weighted by molar-refractivity contribution is -0.386. The molecule has 0 aliphatic carbocycles. The molecule has 1 aliphatic heterocycles. The molecule has 0 N–H and O–H groups in total. The van der Waals surface area contributed by atoms with E-state index in [9.17, 15) is 19.3 Å². The second-order valence-corrected chi connectivity index (χ2v) is 5.95. The Kier molecular flexibility index (Phi) is 4.80. The van der Waals surface area contributed by atoms with Crippen LogP contribution in [-0.2, 0) is 6.54 Å². The molecule has 1 saturated heterocycles. The minimum atomic E-state index is -0.582. The Hall–Kier alpha value is -2.74. The number of carbonyl (C=O) groups excluding carboxylic acids is 1. The zero-order chi connectivity index (χ0) is 18.0. The molecule has 0 saturated carbocycles. The van der Waals surface area contributed by atoms with E-state index in [1.54, 1.807) is 17.9 Å². The molecule has 1 aromatic carbocycles. The van der Waals surface area contributed by atoms with Crippen molar-refractivity contribution < 1.29 is 18.5 Å². The average Bonchev–Trinajstić information content (AvgIpc) is 3.02. The third kappa shape index (κ3) is 3.53. The van der Waals surface area contributed by atoms with Crippen molar-refractivity contribution >= 4 is 11.6 Å². The molecule has 25 heavy (non-hydrogen) atoms. The summed E-state index contributed by atoms with van der Waals surface area (Å²) in [7, 11) is 0. The van der Waals surface area contributed by atoms with Gasteiger partial charge in [0, 0.05) is 38.8 Å². The minimum Gasteiger partial charge on any atom is -0.469 e. The Balaban J connectivity index is 1.65. The summed E-state index contributed by atoms with van der Waals surface area (Å²) in [5.41, 5.74) is 0.406. The minimum absolute atomic E-state index is 0.0814. The van der Waals surface area contributed by atoms with Gasteiger partial charge in [-0.2, -0.15) is 0 Å². The van der Waals surface area contributed by atoms with Gasteiger partial charge in [-0.05, 0) is 19.1 Å². The molecule has 8 heteroatoms. The van der Waals surface area contributed by atoms with E-state index in [-0.39, 0.29) is 23.7 Å². The fourth-order valence-corrected chi connectivity index (χ4v) is 2.98. The third-order valence-corrected chi connectivity index (χ3v) is 4.42. The van der Waals surface area contributed by atoms with Crippen molar-refractivity contribution in [2.45, 2.75) is 13.5 Å². The largest absolute Gasteiger partial charge is 0.469 e. The van der Waals surface area contributed by atoms with E-state index in [1.165, 1.54) is 24.5 Å². The summed E-state index contributed by atoms with van der Waals surface area (Å²) in [6, 6.07) is 5.51. The number of aryl methyl sites for hydroxylation is 1. The van der Waals surface area contributed by atoms with E-state index in [1.807, 2.05) is 4.90 Å². The van der Waals surface area contributed by atoms with Gasteiger partial charge in [0.2, 0.25) is 0 Å². The van der Waals surface area contributed by atoms with Crippen molar-refractivity contribution in [2.75, 3.05) is 26.2 Å². The molecule has 1 fully saturated rings. The van der Waals surface area contributed by atoms with Crippen molar-refractivity contribution in [3.63, 3.8) is 0 Å². The quantitative estimate of drug-likeness (QED) is 0.627. The molecule has 0 spiro atoms. The summed E-state index contributed by atoms with van der Waals surface area (Å²) in [5.74, 6) is -0.0982. The number of piperazine rings is 1. The number of nitro benzene ring substituents is 1. The topological polar surface area (TPSA) is 79.8 Å². The lowest BCUT2D eigenvalue weighted by atomic mass is 10.1. The van der Waals surface area contributed by atoms with Gasteiger partial charge in [0.1, 0.15) is 11.6 Å². The summed E-state index contributed by atoms with van der Waals surface area (Å²) < 4.78 is 19.2. The lowest BCUT2D eigenvalue weighted by Crippen LogP contribution is -2.48. The number of furan rings is 1. The number of nitro groups is 1. The van der Waals surface area contributed by atoms with Crippen LogP contribution in [0.3, 0.4) is 0 Å². The number of amides is 1. The Morgan fingerprint density at radius 3 is 2.60 bits per heavy atom. The molecule has 0 unspecified atom stereocenters. The van der Waals surface area contributed by atoms with Gasteiger partial charge < -0.3 is 9.32 Å². The summed E-state index contributed by atoms with van der Waals surface area (Å²) in [6.45, 7) is 3.89. The first-order valence-corrected chi connectivity index (χ1v) is 7.95. The number of nitrogens with zero attached hydrogens (tertiary/aromatic N) is 3. The van der Waals surface area contributed by atoms with E-state index < -0.39 is 10.7 Å². The molecule has 0 bridgehead atoms. The highest BCUT2D eigenvalue weighted by atomic mass is 19.1. The molecule has 0 atom stereocenters. The first-order valence-electron chi connectivity index (χ1n) is 7.95. The molecule has 132 valence electrons. The van der Waals surface area contributed by atoms with Crippen molar-refractivity contribution in [2.24, 2.45) is 0 Å². The number of benzene rings is 1. The monoisotopic (exact) mass is 347 g/mol. The van der Waals surface area contributed by atoms with Crippen LogP contribution in [0.5, 0.6) is 0 Å². The average molecular weight is 347 g/mol. The first-order chi connectivity index (χ1) is 12.0. The Bertz CT molecular complexity index is 797. The molecule has 3 rings (SSSR count). The summed E-state index contributed by atoms with van der Waals surface area (Å²) >= 11 is 0. The number of hydrogen-bond donors (Lipinski definition) is 0. The second-order valence-electron chi connectivity index (χ2n) is 5.95. The van der Waals surface area contributed by atoms with Crippen LogP contribution in [0.1, 0.15) is 21.7 Å². The van der Waals surface area contributed by atoms with Gasteiger partial charge in [-0.25, -0.2) is 4.39 Å². The summed E-state index contributed by atoms with van der Waals surface area (Å²) in [4.78, 5) is 26.6. The maximum Gasteiger partial charge on any atom is 0.276 e. The molecule has 2 aromatic rings. The first kappa shape index (κ1) is 17.1. The van der Waals surface area contributed by atoms with Gasteiger partial charge in [-0.3, -0.25) is 19.8 Å². The van der Waals surface area contributed by atoms with Crippen LogP contribution in [0, 0.1) is 22.9 Å². The predicted octanol–water partition coefficient (Wildman–Crippen LogP) is 2.59. The molecule has 2 heterocycles. The number of hydrogen-bond acceptors (Lipinski definition) is 5. The smallest absolute Gasteiger partial charge is 0.276 e. The van der Waals surface area contributed by atoms with Crippen LogP contribution in [0.4, 0.5) is 10.1 Å². The van der Waals surface area contributed by atoms with Crippen molar-refractivity contribution in [1.29, 1.82) is 0 Å². The van der Waals surface area contributed by atoms with Gasteiger partial charge in [0.15, 0.2) is 0 Å². The van der Waals surface area contributed by atoms with Crippen molar-refractivity contribution in [3.05, 3.63) is 63.3 Å². The number of carbonyl (C=O) groups is 1. The summed E-state index contributed by atoms with van der Waals surface area (Å²) in [6.07, 6.45) is 1.48. The van der Waals surface area contributed by atoms with E-state index >= 15 is 0 Å². The maximum atomic E-state index is 14.0. The van der Waals surface area contributed by atoms with Gasteiger partial charge in [0.05, 0.1) is 22.3 Å². The SMILES string of the molecule is Cc1occc1C(=O)N1CCN(Cc2c(F)cccc2[N+](=O)[O-])CC1. The summed E-state index contributed by atoms with van der Waals surface area (Å²) in [5, 5.41) is 11.1. The van der Waals surface area contributed by atoms with Crippen LogP contribution in [0.25, 0.3) is 0 Å². The maximum absolute atomic E-state index is 14.0. The molecular weight excluding hydrogens is 329 g/mol. The van der Waals surface area contributed by atoms with E-state index in [4.69, 9.17) is 4.42 Å². The van der Waals surface area contributed by atoms with Gasteiger partial charge >= 0.3 is 0 Å². The van der Waals surface area contributed by atoms with Crippen molar-refractivity contribution in [1.82, 2.24) is 9.80 Å². The zero-order valence-corrected chi connectivity index (χ0v) is 13.8. The molecule has 1 amide bonds. The van der Waals surface area contributed by atoms with E-state index in [0.29, 0.717) is 37.5 Å². The Morgan fingerprint density at radius 2 is 2.00 bits per heavy atom. The van der Waals surface area contributed by atoms with Crippen LogP contribution < -0.4 is 0 Å². The van der Waals surface area contributed by atoms with Crippen LogP contribution in [0.15, 0.2) is 34.9 Å². The van der Waals surface area contributed by atoms with Crippen molar-refractivity contribution in [3.8, 4) is 0 Å². The van der Waals surface area contributed by atoms with Crippen LogP contribution in [0.2, 0.25) is 0 Å². The van der Waals surface area contributed by atoms with E-state index in [0.717, 1.165) is 0 Å².